The number of hydrogen-bond acceptors (Lipinski definition) is 2. The van der Waals surface area contributed by atoms with E-state index in [1.165, 1.54) is 51.5 Å². The molecule has 2 rings (SSSR count). The molecule has 1 heterocycles. The average molecular weight is 210 g/mol. The van der Waals surface area contributed by atoms with E-state index in [1.54, 1.807) is 0 Å². The van der Waals surface area contributed by atoms with Gasteiger partial charge in [0.1, 0.15) is 0 Å². The van der Waals surface area contributed by atoms with Gasteiger partial charge < -0.3 is 5.73 Å². The summed E-state index contributed by atoms with van der Waals surface area (Å²) in [7, 11) is 0. The van der Waals surface area contributed by atoms with E-state index < -0.39 is 0 Å². The van der Waals surface area contributed by atoms with Gasteiger partial charge >= 0.3 is 0 Å². The van der Waals surface area contributed by atoms with E-state index in [4.69, 9.17) is 5.73 Å². The maximum absolute atomic E-state index is 5.65. The van der Waals surface area contributed by atoms with Crippen molar-refractivity contribution in [1.29, 1.82) is 0 Å². The Morgan fingerprint density at radius 2 is 2.13 bits per heavy atom. The van der Waals surface area contributed by atoms with E-state index in [0.717, 1.165) is 24.5 Å². The maximum Gasteiger partial charge on any atom is 0.0101 e. The molecule has 15 heavy (non-hydrogen) atoms. The van der Waals surface area contributed by atoms with Crippen molar-refractivity contribution in [3.63, 3.8) is 0 Å². The highest BCUT2D eigenvalue weighted by molar-refractivity contribution is 4.89. The van der Waals surface area contributed by atoms with Crippen LogP contribution in [0.15, 0.2) is 0 Å². The molecule has 1 aliphatic heterocycles. The van der Waals surface area contributed by atoms with Crippen molar-refractivity contribution >= 4 is 0 Å². The Kier molecular flexibility index (Phi) is 4.04. The van der Waals surface area contributed by atoms with Crippen LogP contribution in [0.5, 0.6) is 0 Å². The standard InChI is InChI=1S/C13H26N2/c1-2-12-4-3-9-15(12)13-6-5-11(10-13)7-8-14/h11-13H,2-10,14H2,1H3. The average Bonchev–Trinajstić information content (AvgIpc) is 2.84. The molecule has 2 N–H and O–H groups in total. The molecule has 2 heteroatoms. The zero-order chi connectivity index (χ0) is 10.7. The molecule has 0 aromatic rings. The molecule has 1 saturated carbocycles. The minimum atomic E-state index is 0.884. The van der Waals surface area contributed by atoms with Gasteiger partial charge in [0.2, 0.25) is 0 Å². The predicted octanol–water partition coefficient (Wildman–Crippen LogP) is 2.38. The lowest BCUT2D eigenvalue weighted by Gasteiger charge is -2.30. The van der Waals surface area contributed by atoms with Crippen molar-refractivity contribution in [2.75, 3.05) is 13.1 Å². The summed E-state index contributed by atoms with van der Waals surface area (Å²) in [6, 6.07) is 1.79. The third-order valence-corrected chi connectivity index (χ3v) is 4.45. The Bertz CT molecular complexity index is 193. The summed E-state index contributed by atoms with van der Waals surface area (Å²) >= 11 is 0. The van der Waals surface area contributed by atoms with Crippen LogP contribution >= 0.6 is 0 Å². The van der Waals surface area contributed by atoms with Gasteiger partial charge in [0, 0.05) is 12.1 Å². The molecule has 2 fully saturated rings. The molecule has 3 unspecified atom stereocenters. The Morgan fingerprint density at radius 1 is 1.27 bits per heavy atom. The molecular weight excluding hydrogens is 184 g/mol. The van der Waals surface area contributed by atoms with Gasteiger partial charge in [0.25, 0.3) is 0 Å². The molecule has 2 nitrogen and oxygen atoms in total. The number of nitrogens with two attached hydrogens (primary N) is 1. The monoisotopic (exact) mass is 210 g/mol. The zero-order valence-electron chi connectivity index (χ0n) is 10.1. The minimum Gasteiger partial charge on any atom is -0.330 e. The Morgan fingerprint density at radius 3 is 2.87 bits per heavy atom. The van der Waals surface area contributed by atoms with Crippen molar-refractivity contribution in [3.8, 4) is 0 Å². The van der Waals surface area contributed by atoms with E-state index >= 15 is 0 Å². The van der Waals surface area contributed by atoms with Crippen molar-refractivity contribution in [2.45, 2.75) is 64.0 Å². The summed E-state index contributed by atoms with van der Waals surface area (Å²) in [5, 5.41) is 0. The van der Waals surface area contributed by atoms with E-state index in [0.29, 0.717) is 0 Å². The van der Waals surface area contributed by atoms with Crippen molar-refractivity contribution in [1.82, 2.24) is 4.90 Å². The van der Waals surface area contributed by atoms with Crippen LogP contribution in [0.3, 0.4) is 0 Å². The predicted molar refractivity (Wildman–Crippen MR) is 64.8 cm³/mol. The zero-order valence-corrected chi connectivity index (χ0v) is 10.1. The van der Waals surface area contributed by atoms with E-state index in [9.17, 15) is 0 Å². The topological polar surface area (TPSA) is 29.3 Å². The van der Waals surface area contributed by atoms with Crippen molar-refractivity contribution < 1.29 is 0 Å². The van der Waals surface area contributed by atoms with Crippen LogP contribution in [0.2, 0.25) is 0 Å². The van der Waals surface area contributed by atoms with E-state index in [1.807, 2.05) is 0 Å². The van der Waals surface area contributed by atoms with Crippen LogP contribution in [0.4, 0.5) is 0 Å². The Hall–Kier alpha value is -0.0800. The molecular formula is C13H26N2. The number of nitrogens with zero attached hydrogens (tertiary/aromatic N) is 1. The smallest absolute Gasteiger partial charge is 0.0101 e. The number of hydrogen-bond donors (Lipinski definition) is 1. The van der Waals surface area contributed by atoms with Crippen LogP contribution in [-0.4, -0.2) is 30.1 Å². The molecule has 0 aromatic heterocycles. The fourth-order valence-electron chi connectivity index (χ4n) is 3.62. The molecule has 1 aliphatic carbocycles. The van der Waals surface area contributed by atoms with E-state index in [2.05, 4.69) is 11.8 Å². The van der Waals surface area contributed by atoms with Gasteiger partial charge in [-0.1, -0.05) is 6.92 Å². The first-order valence-corrected chi connectivity index (χ1v) is 6.81. The quantitative estimate of drug-likeness (QED) is 0.772. The second kappa shape index (κ2) is 5.31. The lowest BCUT2D eigenvalue weighted by Crippen LogP contribution is -2.37. The fraction of sp³-hybridized carbons (Fsp3) is 1.00. The number of rotatable bonds is 4. The van der Waals surface area contributed by atoms with Crippen molar-refractivity contribution in [2.24, 2.45) is 11.7 Å². The van der Waals surface area contributed by atoms with Crippen LogP contribution < -0.4 is 5.73 Å². The van der Waals surface area contributed by atoms with Gasteiger partial charge in [-0.05, 0) is 64.0 Å². The van der Waals surface area contributed by atoms with Gasteiger partial charge in [0.15, 0.2) is 0 Å². The molecule has 2 aliphatic rings. The van der Waals surface area contributed by atoms with Crippen LogP contribution in [0.25, 0.3) is 0 Å². The third kappa shape index (κ3) is 2.54. The molecule has 0 bridgehead atoms. The molecule has 0 spiro atoms. The number of likely N-dealkylation sites (tertiary alicyclic amines) is 1. The highest BCUT2D eigenvalue weighted by atomic mass is 15.2. The van der Waals surface area contributed by atoms with Crippen LogP contribution in [0, 0.1) is 5.92 Å². The Labute approximate surface area is 94.2 Å². The molecule has 0 aromatic carbocycles. The second-order valence-corrected chi connectivity index (χ2v) is 5.35. The molecule has 3 atom stereocenters. The molecule has 0 radical (unpaired) electrons. The molecule has 0 amide bonds. The highest BCUT2D eigenvalue weighted by Crippen LogP contribution is 2.35. The lowest BCUT2D eigenvalue weighted by molar-refractivity contribution is 0.174. The normalized spacial score (nSPS) is 37.6. The fourth-order valence-corrected chi connectivity index (χ4v) is 3.62. The lowest BCUT2D eigenvalue weighted by atomic mass is 10.0. The summed E-state index contributed by atoms with van der Waals surface area (Å²) in [5.74, 6) is 0.929. The highest BCUT2D eigenvalue weighted by Gasteiger charge is 2.34. The largest absolute Gasteiger partial charge is 0.330 e. The van der Waals surface area contributed by atoms with Crippen LogP contribution in [-0.2, 0) is 0 Å². The first kappa shape index (κ1) is 11.4. The third-order valence-electron chi connectivity index (χ3n) is 4.45. The van der Waals surface area contributed by atoms with Gasteiger partial charge in [-0.25, -0.2) is 0 Å². The summed E-state index contributed by atoms with van der Waals surface area (Å²) in [4.78, 5) is 2.80. The van der Waals surface area contributed by atoms with Crippen LogP contribution in [0.1, 0.15) is 51.9 Å². The summed E-state index contributed by atoms with van der Waals surface area (Å²) in [5.41, 5.74) is 5.65. The minimum absolute atomic E-state index is 0.884. The van der Waals surface area contributed by atoms with Gasteiger partial charge in [-0.3, -0.25) is 4.90 Å². The van der Waals surface area contributed by atoms with Gasteiger partial charge in [-0.15, -0.1) is 0 Å². The maximum atomic E-state index is 5.65. The first-order valence-electron chi connectivity index (χ1n) is 6.81. The molecule has 88 valence electrons. The SMILES string of the molecule is CCC1CCCN1C1CCC(CCN)C1. The Balaban J connectivity index is 1.84. The van der Waals surface area contributed by atoms with Gasteiger partial charge in [-0.2, -0.15) is 0 Å². The van der Waals surface area contributed by atoms with E-state index in [-0.39, 0.29) is 0 Å². The van der Waals surface area contributed by atoms with Gasteiger partial charge in [0.05, 0.1) is 0 Å². The molecule has 1 saturated heterocycles. The van der Waals surface area contributed by atoms with Crippen molar-refractivity contribution in [3.05, 3.63) is 0 Å². The summed E-state index contributed by atoms with van der Waals surface area (Å²) in [6.45, 7) is 4.59. The summed E-state index contributed by atoms with van der Waals surface area (Å²) < 4.78 is 0. The second-order valence-electron chi connectivity index (χ2n) is 5.35. The first-order chi connectivity index (χ1) is 7.35. The summed E-state index contributed by atoms with van der Waals surface area (Å²) in [6.07, 6.45) is 9.74.